The normalized spacial score (nSPS) is 11.9. The SMILES string of the molecule is COC(=O)C[C@H](c1ccc(OC)c(OC(C)C)c1)c1c(O)ccc2c(=O)c(-c3ccc(O)cc3)coc12. The maximum Gasteiger partial charge on any atom is 0.306 e. The maximum absolute atomic E-state index is 13.4. The molecule has 1 heterocycles. The van der Waals surface area contributed by atoms with Crippen LogP contribution in [0.3, 0.4) is 0 Å². The molecule has 1 atom stereocenters. The largest absolute Gasteiger partial charge is 0.508 e. The number of hydrogen-bond acceptors (Lipinski definition) is 8. The van der Waals surface area contributed by atoms with Crippen LogP contribution in [-0.4, -0.2) is 36.5 Å². The third-order valence-electron chi connectivity index (χ3n) is 6.03. The van der Waals surface area contributed by atoms with Gasteiger partial charge < -0.3 is 28.8 Å². The first kappa shape index (κ1) is 25.6. The highest BCUT2D eigenvalue weighted by atomic mass is 16.5. The first-order valence-corrected chi connectivity index (χ1v) is 11.7. The topological polar surface area (TPSA) is 115 Å². The summed E-state index contributed by atoms with van der Waals surface area (Å²) in [6.45, 7) is 3.77. The molecule has 0 fully saturated rings. The van der Waals surface area contributed by atoms with E-state index in [0.29, 0.717) is 28.2 Å². The Bertz CT molecular complexity index is 1480. The molecule has 37 heavy (non-hydrogen) atoms. The summed E-state index contributed by atoms with van der Waals surface area (Å²) in [7, 11) is 2.82. The van der Waals surface area contributed by atoms with Gasteiger partial charge in [-0.2, -0.15) is 0 Å². The number of methoxy groups -OCH3 is 2. The van der Waals surface area contributed by atoms with E-state index in [1.54, 1.807) is 30.3 Å². The molecule has 1 aromatic heterocycles. The number of carbonyl (C=O) groups is 1. The summed E-state index contributed by atoms with van der Waals surface area (Å²) >= 11 is 0. The lowest BCUT2D eigenvalue weighted by Gasteiger charge is -2.21. The standard InChI is InChI=1S/C29H28O8/c1-16(2)37-25-13-18(7-12-24(25)34-3)21(14-26(32)35-4)27-23(31)11-10-20-28(33)22(15-36-29(20)27)17-5-8-19(30)9-6-17/h5-13,15-16,21,30-31H,14H2,1-4H3/t21-/m1/s1. The Labute approximate surface area is 213 Å². The van der Waals surface area contributed by atoms with Gasteiger partial charge in [0.05, 0.1) is 37.7 Å². The minimum atomic E-state index is -0.723. The number of hydrogen-bond donors (Lipinski definition) is 2. The quantitative estimate of drug-likeness (QED) is 0.308. The Morgan fingerprint density at radius 1 is 0.973 bits per heavy atom. The Morgan fingerprint density at radius 3 is 2.35 bits per heavy atom. The van der Waals surface area contributed by atoms with E-state index in [1.165, 1.54) is 44.7 Å². The van der Waals surface area contributed by atoms with Crippen molar-refractivity contribution < 1.29 is 33.6 Å². The number of benzene rings is 3. The second kappa shape index (κ2) is 10.7. The second-order valence-electron chi connectivity index (χ2n) is 8.81. The van der Waals surface area contributed by atoms with Crippen molar-refractivity contribution in [3.05, 3.63) is 82.2 Å². The number of rotatable bonds is 8. The minimum absolute atomic E-state index is 0.0760. The number of ether oxygens (including phenoxy) is 3. The fraction of sp³-hybridized carbons (Fsp3) is 0.241. The van der Waals surface area contributed by atoms with Gasteiger partial charge in [0.15, 0.2) is 11.5 Å². The van der Waals surface area contributed by atoms with E-state index >= 15 is 0 Å². The molecule has 192 valence electrons. The molecule has 4 rings (SSSR count). The third-order valence-corrected chi connectivity index (χ3v) is 6.03. The molecule has 8 heteroatoms. The number of phenols is 2. The van der Waals surface area contributed by atoms with Gasteiger partial charge in [-0.1, -0.05) is 18.2 Å². The van der Waals surface area contributed by atoms with Gasteiger partial charge in [0.1, 0.15) is 23.3 Å². The summed E-state index contributed by atoms with van der Waals surface area (Å²) in [6, 6.07) is 14.3. The third kappa shape index (κ3) is 5.23. The van der Waals surface area contributed by atoms with Crippen molar-refractivity contribution in [2.45, 2.75) is 32.3 Å². The van der Waals surface area contributed by atoms with Gasteiger partial charge in [-0.15, -0.1) is 0 Å². The van der Waals surface area contributed by atoms with Crippen LogP contribution in [0, 0.1) is 0 Å². The average molecular weight is 505 g/mol. The highest BCUT2D eigenvalue weighted by Crippen LogP contribution is 2.42. The van der Waals surface area contributed by atoms with Crippen LogP contribution in [-0.2, 0) is 9.53 Å². The van der Waals surface area contributed by atoms with E-state index in [9.17, 15) is 19.8 Å². The Hall–Kier alpha value is -4.46. The van der Waals surface area contributed by atoms with Gasteiger partial charge in [0.25, 0.3) is 0 Å². The van der Waals surface area contributed by atoms with Crippen molar-refractivity contribution in [1.82, 2.24) is 0 Å². The van der Waals surface area contributed by atoms with E-state index in [4.69, 9.17) is 18.6 Å². The fourth-order valence-electron chi connectivity index (χ4n) is 4.28. The van der Waals surface area contributed by atoms with Crippen LogP contribution in [0.2, 0.25) is 0 Å². The fourth-order valence-corrected chi connectivity index (χ4v) is 4.28. The second-order valence-corrected chi connectivity index (χ2v) is 8.81. The molecular formula is C29H28O8. The number of aromatic hydroxyl groups is 2. The van der Waals surface area contributed by atoms with E-state index in [0.717, 1.165) is 0 Å². The molecule has 0 aliphatic heterocycles. The highest BCUT2D eigenvalue weighted by Gasteiger charge is 2.27. The summed E-state index contributed by atoms with van der Waals surface area (Å²) in [5.41, 5.74) is 1.62. The molecule has 2 N–H and O–H groups in total. The molecule has 3 aromatic carbocycles. The van der Waals surface area contributed by atoms with Crippen molar-refractivity contribution in [1.29, 1.82) is 0 Å². The summed E-state index contributed by atoms with van der Waals surface area (Å²) in [5, 5.41) is 20.8. The molecule has 4 aromatic rings. The first-order chi connectivity index (χ1) is 17.7. The molecule has 0 aliphatic rings. The molecule has 0 radical (unpaired) electrons. The molecule has 8 nitrogen and oxygen atoms in total. The Morgan fingerprint density at radius 2 is 1.70 bits per heavy atom. The Balaban J connectivity index is 1.93. The van der Waals surface area contributed by atoms with Crippen molar-refractivity contribution in [3.63, 3.8) is 0 Å². The summed E-state index contributed by atoms with van der Waals surface area (Å²) < 4.78 is 22.2. The molecule has 0 amide bonds. The van der Waals surface area contributed by atoms with Gasteiger partial charge in [0.2, 0.25) is 5.43 Å². The van der Waals surface area contributed by atoms with Crippen LogP contribution in [0.4, 0.5) is 0 Å². The van der Waals surface area contributed by atoms with Crippen LogP contribution in [0.5, 0.6) is 23.0 Å². The lowest BCUT2D eigenvalue weighted by atomic mass is 9.86. The van der Waals surface area contributed by atoms with E-state index in [1.807, 2.05) is 13.8 Å². The zero-order valence-electron chi connectivity index (χ0n) is 21.0. The molecule has 0 spiro atoms. The minimum Gasteiger partial charge on any atom is -0.508 e. The average Bonchev–Trinajstić information content (AvgIpc) is 2.88. The summed E-state index contributed by atoms with van der Waals surface area (Å²) in [4.78, 5) is 25.9. The van der Waals surface area contributed by atoms with Crippen molar-refractivity contribution >= 4 is 16.9 Å². The summed E-state index contributed by atoms with van der Waals surface area (Å²) in [5.74, 6) is -0.302. The lowest BCUT2D eigenvalue weighted by molar-refractivity contribution is -0.140. The maximum atomic E-state index is 13.4. The van der Waals surface area contributed by atoms with Gasteiger partial charge >= 0.3 is 5.97 Å². The molecule has 0 aliphatic carbocycles. The number of esters is 1. The lowest BCUT2D eigenvalue weighted by Crippen LogP contribution is -2.13. The van der Waals surface area contributed by atoms with Gasteiger partial charge in [-0.05, 0) is 61.4 Å². The Kier molecular flexibility index (Phi) is 7.38. The molecule has 0 bridgehead atoms. The predicted molar refractivity (Wildman–Crippen MR) is 138 cm³/mol. The van der Waals surface area contributed by atoms with Crippen molar-refractivity contribution in [3.8, 4) is 34.1 Å². The van der Waals surface area contributed by atoms with Gasteiger partial charge in [-0.25, -0.2) is 0 Å². The first-order valence-electron chi connectivity index (χ1n) is 11.7. The van der Waals surface area contributed by atoms with Crippen molar-refractivity contribution in [2.24, 2.45) is 0 Å². The molecule has 0 unspecified atom stereocenters. The molecule has 0 saturated heterocycles. The van der Waals surface area contributed by atoms with E-state index in [-0.39, 0.29) is 46.0 Å². The van der Waals surface area contributed by atoms with Crippen LogP contribution >= 0.6 is 0 Å². The number of fused-ring (bicyclic) bond motifs is 1. The highest BCUT2D eigenvalue weighted by molar-refractivity contribution is 5.87. The van der Waals surface area contributed by atoms with E-state index in [2.05, 4.69) is 0 Å². The zero-order chi connectivity index (χ0) is 26.7. The number of carbonyl (C=O) groups excluding carboxylic acids is 1. The van der Waals surface area contributed by atoms with Crippen molar-refractivity contribution in [2.75, 3.05) is 14.2 Å². The van der Waals surface area contributed by atoms with E-state index < -0.39 is 11.9 Å². The van der Waals surface area contributed by atoms with Gasteiger partial charge in [0, 0.05) is 11.5 Å². The van der Waals surface area contributed by atoms with Crippen LogP contribution < -0.4 is 14.9 Å². The molecular weight excluding hydrogens is 476 g/mol. The number of phenolic OH excluding ortho intramolecular Hbond substituents is 2. The summed E-state index contributed by atoms with van der Waals surface area (Å²) in [6.07, 6.45) is 1.06. The monoisotopic (exact) mass is 504 g/mol. The van der Waals surface area contributed by atoms with Crippen LogP contribution in [0.1, 0.15) is 37.3 Å². The van der Waals surface area contributed by atoms with Crippen LogP contribution in [0.25, 0.3) is 22.1 Å². The van der Waals surface area contributed by atoms with Gasteiger partial charge in [-0.3, -0.25) is 9.59 Å². The molecule has 0 saturated carbocycles. The zero-order valence-corrected chi connectivity index (χ0v) is 21.0. The predicted octanol–water partition coefficient (Wildman–Crippen LogP) is 5.36. The van der Waals surface area contributed by atoms with Crippen LogP contribution in [0.15, 0.2) is 70.1 Å². The smallest absolute Gasteiger partial charge is 0.306 e.